The average molecular weight is 305 g/mol. The Bertz CT molecular complexity index is 749. The number of hydrogen-bond acceptors (Lipinski definition) is 4. The molecule has 1 saturated heterocycles. The van der Waals surface area contributed by atoms with Gasteiger partial charge in [-0.2, -0.15) is 0 Å². The number of hydrogen-bond donors (Lipinski definition) is 0. The molecule has 22 heavy (non-hydrogen) atoms. The van der Waals surface area contributed by atoms with Gasteiger partial charge in [-0.05, 0) is 26.0 Å². The lowest BCUT2D eigenvalue weighted by Gasteiger charge is -2.34. The molecule has 1 aliphatic heterocycles. The summed E-state index contributed by atoms with van der Waals surface area (Å²) in [6.07, 6.45) is 0.260. The van der Waals surface area contributed by atoms with Gasteiger partial charge in [-0.15, -0.1) is 0 Å². The Hall–Kier alpha value is -1.79. The number of benzene rings is 1. The van der Waals surface area contributed by atoms with Gasteiger partial charge in [0, 0.05) is 32.7 Å². The Morgan fingerprint density at radius 2 is 2.00 bits per heavy atom. The molecule has 5 nitrogen and oxygen atoms in total. The minimum atomic E-state index is -0.349. The standard InChI is InChI=1S/C16H20FN3O2/c1-10-7-20(8-11(2)22-10)9-14-16(21)19(3)15-5-4-12(17)6-13(15)18-14/h4-6,10-11H,7-9H2,1-3H3/t10-,11+. The second-order valence-electron chi connectivity index (χ2n) is 6.01. The zero-order chi connectivity index (χ0) is 15.9. The van der Waals surface area contributed by atoms with Crippen molar-refractivity contribution in [3.8, 4) is 0 Å². The van der Waals surface area contributed by atoms with Crippen molar-refractivity contribution in [2.45, 2.75) is 32.6 Å². The molecule has 1 aromatic carbocycles. The Kier molecular flexibility index (Phi) is 3.97. The van der Waals surface area contributed by atoms with E-state index in [1.165, 1.54) is 16.7 Å². The van der Waals surface area contributed by atoms with E-state index in [1.54, 1.807) is 13.1 Å². The van der Waals surface area contributed by atoms with E-state index in [1.807, 2.05) is 13.8 Å². The van der Waals surface area contributed by atoms with Crippen molar-refractivity contribution in [3.63, 3.8) is 0 Å². The Labute approximate surface area is 128 Å². The van der Waals surface area contributed by atoms with Gasteiger partial charge in [-0.1, -0.05) is 0 Å². The van der Waals surface area contributed by atoms with E-state index >= 15 is 0 Å². The zero-order valence-corrected chi connectivity index (χ0v) is 13.0. The monoisotopic (exact) mass is 305 g/mol. The summed E-state index contributed by atoms with van der Waals surface area (Å²) in [6, 6.07) is 4.29. The maximum atomic E-state index is 13.4. The summed E-state index contributed by atoms with van der Waals surface area (Å²) in [4.78, 5) is 19.0. The van der Waals surface area contributed by atoms with E-state index in [2.05, 4.69) is 9.88 Å². The zero-order valence-electron chi connectivity index (χ0n) is 13.0. The predicted octanol–water partition coefficient (Wildman–Crippen LogP) is 1.68. The molecule has 2 heterocycles. The SMILES string of the molecule is C[C@@H]1CN(Cc2nc3cc(F)ccc3n(C)c2=O)C[C@H](C)O1. The van der Waals surface area contributed by atoms with Crippen LogP contribution in [0.4, 0.5) is 4.39 Å². The van der Waals surface area contributed by atoms with Crippen LogP contribution in [0.5, 0.6) is 0 Å². The summed E-state index contributed by atoms with van der Waals surface area (Å²) in [6.45, 7) is 6.01. The average Bonchev–Trinajstić information content (AvgIpc) is 2.43. The summed E-state index contributed by atoms with van der Waals surface area (Å²) < 4.78 is 20.6. The molecule has 1 aliphatic rings. The van der Waals surface area contributed by atoms with Crippen molar-refractivity contribution < 1.29 is 9.13 Å². The van der Waals surface area contributed by atoms with E-state index in [-0.39, 0.29) is 23.6 Å². The van der Waals surface area contributed by atoms with Crippen LogP contribution >= 0.6 is 0 Å². The van der Waals surface area contributed by atoms with E-state index in [0.717, 1.165) is 13.1 Å². The molecule has 3 rings (SSSR count). The third-order valence-electron chi connectivity index (χ3n) is 3.97. The normalized spacial score (nSPS) is 23.1. The molecule has 0 unspecified atom stereocenters. The molecule has 0 saturated carbocycles. The van der Waals surface area contributed by atoms with Gasteiger partial charge in [0.15, 0.2) is 0 Å². The molecule has 1 fully saturated rings. The van der Waals surface area contributed by atoms with Crippen molar-refractivity contribution in [1.82, 2.24) is 14.5 Å². The first-order valence-electron chi connectivity index (χ1n) is 7.47. The molecule has 2 atom stereocenters. The van der Waals surface area contributed by atoms with Gasteiger partial charge in [0.25, 0.3) is 5.56 Å². The predicted molar refractivity (Wildman–Crippen MR) is 82.2 cm³/mol. The van der Waals surface area contributed by atoms with E-state index in [0.29, 0.717) is 23.3 Å². The van der Waals surface area contributed by atoms with Crippen molar-refractivity contribution in [1.29, 1.82) is 0 Å². The first-order chi connectivity index (χ1) is 10.4. The fraction of sp³-hybridized carbons (Fsp3) is 0.500. The van der Waals surface area contributed by atoms with E-state index in [4.69, 9.17) is 4.74 Å². The highest BCUT2D eigenvalue weighted by molar-refractivity contribution is 5.74. The molecule has 0 N–H and O–H groups in total. The smallest absolute Gasteiger partial charge is 0.273 e. The van der Waals surface area contributed by atoms with Crippen LogP contribution in [-0.2, 0) is 18.3 Å². The van der Waals surface area contributed by atoms with E-state index < -0.39 is 0 Å². The molecule has 0 spiro atoms. The van der Waals surface area contributed by atoms with Crippen LogP contribution in [-0.4, -0.2) is 39.7 Å². The molecule has 2 aromatic rings. The van der Waals surface area contributed by atoms with Gasteiger partial charge in [0.05, 0.1) is 23.2 Å². The van der Waals surface area contributed by atoms with E-state index in [9.17, 15) is 9.18 Å². The number of aromatic nitrogens is 2. The molecule has 1 aromatic heterocycles. The minimum absolute atomic E-state index is 0.130. The highest BCUT2D eigenvalue weighted by Crippen LogP contribution is 2.15. The molecular formula is C16H20FN3O2. The Morgan fingerprint density at radius 3 is 2.68 bits per heavy atom. The largest absolute Gasteiger partial charge is 0.373 e. The molecule has 0 aliphatic carbocycles. The maximum Gasteiger partial charge on any atom is 0.273 e. The summed E-state index contributed by atoms with van der Waals surface area (Å²) in [5.74, 6) is -0.349. The highest BCUT2D eigenvalue weighted by atomic mass is 19.1. The number of nitrogens with zero attached hydrogens (tertiary/aromatic N) is 3. The maximum absolute atomic E-state index is 13.4. The highest BCUT2D eigenvalue weighted by Gasteiger charge is 2.23. The second-order valence-corrected chi connectivity index (χ2v) is 6.01. The third-order valence-corrected chi connectivity index (χ3v) is 3.97. The molecule has 0 radical (unpaired) electrons. The molecule has 0 amide bonds. The van der Waals surface area contributed by atoms with Crippen LogP contribution in [0.3, 0.4) is 0 Å². The van der Waals surface area contributed by atoms with Gasteiger partial charge in [-0.25, -0.2) is 9.37 Å². The first kappa shape index (κ1) is 15.1. The lowest BCUT2D eigenvalue weighted by molar-refractivity contribution is -0.0708. The van der Waals surface area contributed by atoms with Gasteiger partial charge in [0.2, 0.25) is 0 Å². The fourth-order valence-electron chi connectivity index (χ4n) is 3.09. The number of aryl methyl sites for hydroxylation is 1. The first-order valence-corrected chi connectivity index (χ1v) is 7.47. The summed E-state index contributed by atoms with van der Waals surface area (Å²) >= 11 is 0. The number of halogens is 1. The number of rotatable bonds is 2. The summed E-state index contributed by atoms with van der Waals surface area (Å²) in [5.41, 5.74) is 1.46. The fourth-order valence-corrected chi connectivity index (χ4v) is 3.09. The molecule has 0 bridgehead atoms. The van der Waals surface area contributed by atoms with Crippen molar-refractivity contribution >= 4 is 11.0 Å². The lowest BCUT2D eigenvalue weighted by Crippen LogP contribution is -2.45. The number of fused-ring (bicyclic) bond motifs is 1. The third kappa shape index (κ3) is 2.89. The molecular weight excluding hydrogens is 285 g/mol. The molecule has 6 heteroatoms. The molecule has 118 valence electrons. The quantitative estimate of drug-likeness (QED) is 0.847. The van der Waals surface area contributed by atoms with Gasteiger partial charge < -0.3 is 9.30 Å². The van der Waals surface area contributed by atoms with Crippen LogP contribution in [0.2, 0.25) is 0 Å². The van der Waals surface area contributed by atoms with Gasteiger partial charge in [-0.3, -0.25) is 9.69 Å². The van der Waals surface area contributed by atoms with Crippen LogP contribution in [0, 0.1) is 5.82 Å². The van der Waals surface area contributed by atoms with Crippen LogP contribution in [0.1, 0.15) is 19.5 Å². The van der Waals surface area contributed by atoms with Crippen molar-refractivity contribution in [2.75, 3.05) is 13.1 Å². The van der Waals surface area contributed by atoms with Crippen molar-refractivity contribution in [2.24, 2.45) is 7.05 Å². The number of ether oxygens (including phenoxy) is 1. The minimum Gasteiger partial charge on any atom is -0.373 e. The lowest BCUT2D eigenvalue weighted by atomic mass is 10.2. The van der Waals surface area contributed by atoms with Crippen molar-refractivity contribution in [3.05, 3.63) is 40.1 Å². The van der Waals surface area contributed by atoms with Gasteiger partial charge >= 0.3 is 0 Å². The second kappa shape index (κ2) is 5.78. The summed E-state index contributed by atoms with van der Waals surface area (Å²) in [7, 11) is 1.69. The summed E-state index contributed by atoms with van der Waals surface area (Å²) in [5, 5.41) is 0. The topological polar surface area (TPSA) is 47.4 Å². The van der Waals surface area contributed by atoms with Gasteiger partial charge in [0.1, 0.15) is 11.5 Å². The number of morpholine rings is 1. The van der Waals surface area contributed by atoms with Crippen LogP contribution < -0.4 is 5.56 Å². The van der Waals surface area contributed by atoms with Crippen LogP contribution in [0.25, 0.3) is 11.0 Å². The Morgan fingerprint density at radius 1 is 1.32 bits per heavy atom. The Balaban J connectivity index is 1.96. The van der Waals surface area contributed by atoms with Crippen LogP contribution in [0.15, 0.2) is 23.0 Å².